The molecule has 0 saturated carbocycles. The van der Waals surface area contributed by atoms with Gasteiger partial charge in [0.05, 0.1) is 7.11 Å². The molecule has 0 heterocycles. The van der Waals surface area contributed by atoms with Crippen LogP contribution >= 0.6 is 0 Å². The maximum atomic E-state index is 13.0. The number of hydrogen-bond acceptors (Lipinski definition) is 3. The van der Waals surface area contributed by atoms with Gasteiger partial charge in [0.2, 0.25) is 0 Å². The minimum Gasteiger partial charge on any atom is -0.496 e. The van der Waals surface area contributed by atoms with Crippen LogP contribution in [0.25, 0.3) is 0 Å². The molecule has 1 aliphatic carbocycles. The molecule has 1 amide bonds. The largest absolute Gasteiger partial charge is 0.496 e. The molecule has 0 radical (unpaired) electrons. The Morgan fingerprint density at radius 3 is 2.60 bits per heavy atom. The van der Waals surface area contributed by atoms with Crippen LogP contribution in [0, 0.1) is 13.8 Å². The smallest absolute Gasteiger partial charge is 0.252 e. The first-order valence-electron chi connectivity index (χ1n) is 8.41. The minimum atomic E-state index is -0.956. The number of carbonyl (C=O) groups is 2. The highest BCUT2D eigenvalue weighted by atomic mass is 16.5. The van der Waals surface area contributed by atoms with Gasteiger partial charge in [-0.25, -0.2) is 0 Å². The van der Waals surface area contributed by atoms with Crippen molar-refractivity contribution >= 4 is 11.7 Å². The molecular weight excluding hydrogens is 314 g/mol. The Kier molecular flexibility index (Phi) is 4.15. The first kappa shape index (κ1) is 17.2. The summed E-state index contributed by atoms with van der Waals surface area (Å²) in [7, 11) is 1.58. The van der Waals surface area contributed by atoms with Gasteiger partial charge in [-0.2, -0.15) is 0 Å². The SMILES string of the molecule is COc1cccc(C(=O)NC2(C)C(=O)c3cc(C)ccc3C2C)c1C. The van der Waals surface area contributed by atoms with Crippen LogP contribution in [0.5, 0.6) is 5.75 Å². The summed E-state index contributed by atoms with van der Waals surface area (Å²) in [5, 5.41) is 2.99. The lowest BCUT2D eigenvalue weighted by Gasteiger charge is -2.29. The molecule has 0 spiro atoms. The summed E-state index contributed by atoms with van der Waals surface area (Å²) in [5.41, 5.74) is 3.06. The Morgan fingerprint density at radius 2 is 1.92 bits per heavy atom. The highest BCUT2D eigenvalue weighted by Crippen LogP contribution is 2.41. The van der Waals surface area contributed by atoms with E-state index in [4.69, 9.17) is 4.74 Å². The number of amides is 1. The standard InChI is InChI=1S/C21H23NO3/c1-12-9-10-16-14(3)21(4,19(23)17(16)11-12)22-20(24)15-7-6-8-18(25-5)13(15)2/h6-11,14H,1-5H3,(H,22,24). The molecule has 1 aliphatic rings. The van der Waals surface area contributed by atoms with Crippen LogP contribution in [0.2, 0.25) is 0 Å². The van der Waals surface area contributed by atoms with Crippen LogP contribution in [-0.2, 0) is 0 Å². The molecule has 2 aromatic carbocycles. The summed E-state index contributed by atoms with van der Waals surface area (Å²) in [6, 6.07) is 11.2. The lowest BCUT2D eigenvalue weighted by atomic mass is 9.86. The number of benzene rings is 2. The predicted octanol–water partition coefficient (Wildman–Crippen LogP) is 3.80. The number of ketones is 1. The van der Waals surface area contributed by atoms with E-state index >= 15 is 0 Å². The van der Waals surface area contributed by atoms with Crippen molar-refractivity contribution in [2.24, 2.45) is 0 Å². The summed E-state index contributed by atoms with van der Waals surface area (Å²) >= 11 is 0. The van der Waals surface area contributed by atoms with E-state index in [0.717, 1.165) is 16.7 Å². The first-order chi connectivity index (χ1) is 11.8. The molecule has 25 heavy (non-hydrogen) atoms. The Hall–Kier alpha value is -2.62. The third-order valence-electron chi connectivity index (χ3n) is 5.38. The van der Waals surface area contributed by atoms with Gasteiger partial charge in [0.15, 0.2) is 5.78 Å². The third-order valence-corrected chi connectivity index (χ3v) is 5.38. The normalized spacial score (nSPS) is 21.8. The molecule has 0 bridgehead atoms. The Bertz CT molecular complexity index is 871. The van der Waals surface area contributed by atoms with Gasteiger partial charge in [-0.1, -0.05) is 30.7 Å². The first-order valence-corrected chi connectivity index (χ1v) is 8.41. The third kappa shape index (κ3) is 2.62. The summed E-state index contributed by atoms with van der Waals surface area (Å²) in [4.78, 5) is 25.9. The molecule has 4 nitrogen and oxygen atoms in total. The van der Waals surface area contributed by atoms with Crippen LogP contribution in [0.4, 0.5) is 0 Å². The lowest BCUT2D eigenvalue weighted by Crippen LogP contribution is -2.52. The molecule has 2 aromatic rings. The number of methoxy groups -OCH3 is 1. The molecular formula is C21H23NO3. The summed E-state index contributed by atoms with van der Waals surface area (Å²) in [5.74, 6) is 0.268. The van der Waals surface area contributed by atoms with Gasteiger partial charge in [-0.15, -0.1) is 0 Å². The molecule has 4 heteroatoms. The number of ether oxygens (including phenoxy) is 1. The number of nitrogens with one attached hydrogen (secondary N) is 1. The van der Waals surface area contributed by atoms with Crippen molar-refractivity contribution < 1.29 is 14.3 Å². The van der Waals surface area contributed by atoms with E-state index in [1.165, 1.54) is 0 Å². The number of rotatable bonds is 3. The van der Waals surface area contributed by atoms with Crippen molar-refractivity contribution in [2.75, 3.05) is 7.11 Å². The molecule has 0 fully saturated rings. The van der Waals surface area contributed by atoms with Crippen LogP contribution in [-0.4, -0.2) is 24.3 Å². The maximum absolute atomic E-state index is 13.0. The average Bonchev–Trinajstić information content (AvgIpc) is 2.76. The molecule has 130 valence electrons. The molecule has 3 rings (SSSR count). The Morgan fingerprint density at radius 1 is 1.20 bits per heavy atom. The second-order valence-corrected chi connectivity index (χ2v) is 6.93. The molecule has 0 aromatic heterocycles. The van der Waals surface area contributed by atoms with Crippen LogP contribution in [0.1, 0.15) is 57.2 Å². The van der Waals surface area contributed by atoms with Gasteiger partial charge in [-0.3, -0.25) is 9.59 Å². The number of hydrogen-bond donors (Lipinski definition) is 1. The van der Waals surface area contributed by atoms with Gasteiger partial charge in [0.1, 0.15) is 11.3 Å². The van der Waals surface area contributed by atoms with Gasteiger partial charge in [0, 0.05) is 22.6 Å². The van der Waals surface area contributed by atoms with Crippen molar-refractivity contribution in [2.45, 2.75) is 39.2 Å². The second-order valence-electron chi connectivity index (χ2n) is 6.93. The van der Waals surface area contributed by atoms with E-state index in [9.17, 15) is 9.59 Å². The van der Waals surface area contributed by atoms with Gasteiger partial charge in [0.25, 0.3) is 5.91 Å². The molecule has 0 saturated heterocycles. The molecule has 2 atom stereocenters. The van der Waals surface area contributed by atoms with E-state index in [-0.39, 0.29) is 17.6 Å². The lowest BCUT2D eigenvalue weighted by molar-refractivity contribution is 0.0780. The summed E-state index contributed by atoms with van der Waals surface area (Å²) < 4.78 is 5.29. The van der Waals surface area contributed by atoms with Crippen molar-refractivity contribution in [1.82, 2.24) is 5.32 Å². The fraction of sp³-hybridized carbons (Fsp3) is 0.333. The molecule has 2 unspecified atom stereocenters. The highest BCUT2D eigenvalue weighted by molar-refractivity contribution is 6.11. The zero-order chi connectivity index (χ0) is 18.4. The van der Waals surface area contributed by atoms with Gasteiger partial charge >= 0.3 is 0 Å². The van der Waals surface area contributed by atoms with Gasteiger partial charge in [-0.05, 0) is 44.5 Å². The van der Waals surface area contributed by atoms with Crippen LogP contribution < -0.4 is 10.1 Å². The average molecular weight is 337 g/mol. The van der Waals surface area contributed by atoms with Gasteiger partial charge < -0.3 is 10.1 Å². The summed E-state index contributed by atoms with van der Waals surface area (Å²) in [6.45, 7) is 7.60. The number of aryl methyl sites for hydroxylation is 1. The fourth-order valence-corrected chi connectivity index (χ4v) is 3.58. The number of fused-ring (bicyclic) bond motifs is 1. The number of carbonyl (C=O) groups excluding carboxylic acids is 2. The van der Waals surface area contributed by atoms with Crippen LogP contribution in [0.15, 0.2) is 36.4 Å². The Labute approximate surface area is 148 Å². The van der Waals surface area contributed by atoms with Crippen molar-refractivity contribution in [1.29, 1.82) is 0 Å². The zero-order valence-electron chi connectivity index (χ0n) is 15.3. The monoisotopic (exact) mass is 337 g/mol. The van der Waals surface area contributed by atoms with E-state index in [1.807, 2.05) is 52.0 Å². The topological polar surface area (TPSA) is 55.4 Å². The van der Waals surface area contributed by atoms with Crippen molar-refractivity contribution in [3.63, 3.8) is 0 Å². The van der Waals surface area contributed by atoms with E-state index < -0.39 is 5.54 Å². The Balaban J connectivity index is 1.95. The highest BCUT2D eigenvalue weighted by Gasteiger charge is 2.48. The molecule has 0 aliphatic heterocycles. The quantitative estimate of drug-likeness (QED) is 0.927. The minimum absolute atomic E-state index is 0.0346. The number of Topliss-reactive ketones (excluding diaryl/α,β-unsaturated/α-hetero) is 1. The maximum Gasteiger partial charge on any atom is 0.252 e. The second kappa shape index (κ2) is 6.03. The van der Waals surface area contributed by atoms with Crippen molar-refractivity contribution in [3.05, 3.63) is 64.2 Å². The molecule has 1 N–H and O–H groups in total. The van der Waals surface area contributed by atoms with E-state index in [2.05, 4.69) is 5.32 Å². The zero-order valence-corrected chi connectivity index (χ0v) is 15.3. The summed E-state index contributed by atoms with van der Waals surface area (Å²) in [6.07, 6.45) is 0. The van der Waals surface area contributed by atoms with Crippen molar-refractivity contribution in [3.8, 4) is 5.75 Å². The van der Waals surface area contributed by atoms with Crippen LogP contribution in [0.3, 0.4) is 0 Å². The van der Waals surface area contributed by atoms with E-state index in [1.54, 1.807) is 19.2 Å². The fourth-order valence-electron chi connectivity index (χ4n) is 3.58. The predicted molar refractivity (Wildman–Crippen MR) is 97.5 cm³/mol. The van der Waals surface area contributed by atoms with E-state index in [0.29, 0.717) is 16.9 Å².